The van der Waals surface area contributed by atoms with Crippen LogP contribution in [0.4, 0.5) is 11.8 Å². The molecule has 4 nitrogen and oxygen atoms in total. The fourth-order valence-electron chi connectivity index (χ4n) is 2.07. The molecule has 0 saturated heterocycles. The molecule has 0 saturated carbocycles. The number of hydrogen-bond donors (Lipinski definition) is 2. The summed E-state index contributed by atoms with van der Waals surface area (Å²) in [5.41, 5.74) is 9.18. The number of nitrogens with zero attached hydrogens (tertiary/aromatic N) is 2. The first-order chi connectivity index (χ1) is 9.24. The van der Waals surface area contributed by atoms with Crippen LogP contribution in [-0.2, 0) is 12.8 Å². The number of rotatable bonds is 5. The van der Waals surface area contributed by atoms with E-state index in [1.165, 1.54) is 5.56 Å². The van der Waals surface area contributed by atoms with Crippen LogP contribution in [0.1, 0.15) is 16.8 Å². The third-order valence-corrected chi connectivity index (χ3v) is 3.39. The zero-order valence-electron chi connectivity index (χ0n) is 10.9. The first-order valence-corrected chi connectivity index (χ1v) is 7.55. The molecular weight excluding hydrogens is 299 g/mol. The Morgan fingerprint density at radius 2 is 1.95 bits per heavy atom. The molecule has 0 aliphatic carbocycles. The van der Waals surface area contributed by atoms with Crippen LogP contribution in [0.5, 0.6) is 0 Å². The van der Waals surface area contributed by atoms with Crippen LogP contribution in [0.3, 0.4) is 0 Å². The van der Waals surface area contributed by atoms with Gasteiger partial charge in [0.25, 0.3) is 0 Å². The van der Waals surface area contributed by atoms with Crippen molar-refractivity contribution in [2.45, 2.75) is 18.1 Å². The van der Waals surface area contributed by atoms with E-state index in [-0.39, 0.29) is 0 Å². The average Bonchev–Trinajstić information content (AvgIpc) is 2.42. The van der Waals surface area contributed by atoms with Crippen molar-refractivity contribution in [2.75, 3.05) is 18.1 Å². The van der Waals surface area contributed by atoms with Crippen LogP contribution in [-0.4, -0.2) is 33.9 Å². The van der Waals surface area contributed by atoms with E-state index in [0.717, 1.165) is 35.1 Å². The van der Waals surface area contributed by atoms with E-state index in [9.17, 15) is 0 Å². The Hall–Kier alpha value is -1.54. The SMILES string of the molecule is CNc1nc(N)nc(Cc2ccccc2)c1CC[As]. The zero-order chi connectivity index (χ0) is 13.7. The Bertz CT molecular complexity index is 543. The number of nitrogens with two attached hydrogens (primary N) is 1. The summed E-state index contributed by atoms with van der Waals surface area (Å²) in [6, 6.07) is 10.3. The van der Waals surface area contributed by atoms with E-state index >= 15 is 0 Å². The molecule has 3 N–H and O–H groups in total. The zero-order valence-corrected chi connectivity index (χ0v) is 12.8. The second-order valence-electron chi connectivity index (χ2n) is 4.24. The summed E-state index contributed by atoms with van der Waals surface area (Å²) >= 11 is 2.59. The van der Waals surface area contributed by atoms with Gasteiger partial charge in [0.15, 0.2) is 0 Å². The van der Waals surface area contributed by atoms with Gasteiger partial charge in [0, 0.05) is 0 Å². The van der Waals surface area contributed by atoms with E-state index in [2.05, 4.69) is 44.3 Å². The van der Waals surface area contributed by atoms with Gasteiger partial charge in [-0.05, 0) is 0 Å². The molecule has 5 heteroatoms. The van der Waals surface area contributed by atoms with Crippen molar-refractivity contribution in [3.8, 4) is 0 Å². The van der Waals surface area contributed by atoms with Crippen LogP contribution in [0.15, 0.2) is 30.3 Å². The summed E-state index contributed by atoms with van der Waals surface area (Å²) in [6.45, 7) is 0. The second kappa shape index (κ2) is 6.57. The molecule has 1 aromatic heterocycles. The fourth-order valence-corrected chi connectivity index (χ4v) is 2.54. The molecule has 0 spiro atoms. The number of nitrogens with one attached hydrogen (secondary N) is 1. The van der Waals surface area contributed by atoms with E-state index in [0.29, 0.717) is 5.95 Å². The predicted molar refractivity (Wildman–Crippen MR) is 79.5 cm³/mol. The molecule has 0 unspecified atom stereocenters. The summed E-state index contributed by atoms with van der Waals surface area (Å²) in [6.07, 6.45) is 1.71. The molecule has 0 amide bonds. The predicted octanol–water partition coefficient (Wildman–Crippen LogP) is 1.82. The van der Waals surface area contributed by atoms with Gasteiger partial charge < -0.3 is 0 Å². The maximum atomic E-state index is 5.79. The van der Waals surface area contributed by atoms with Crippen molar-refractivity contribution >= 4 is 28.6 Å². The Labute approximate surface area is 122 Å². The number of aromatic nitrogens is 2. The molecule has 0 aliphatic heterocycles. The van der Waals surface area contributed by atoms with Crippen molar-refractivity contribution in [2.24, 2.45) is 0 Å². The summed E-state index contributed by atoms with van der Waals surface area (Å²) in [5.74, 6) is 1.16. The number of hydrogen-bond acceptors (Lipinski definition) is 4. The quantitative estimate of drug-likeness (QED) is 0.826. The monoisotopic (exact) mass is 316 g/mol. The van der Waals surface area contributed by atoms with E-state index in [1.807, 2.05) is 25.2 Å². The van der Waals surface area contributed by atoms with Gasteiger partial charge in [-0.2, -0.15) is 0 Å². The molecule has 1 heterocycles. The van der Waals surface area contributed by atoms with Gasteiger partial charge >= 0.3 is 122 Å². The molecule has 2 aromatic rings. The molecule has 0 fully saturated rings. The summed E-state index contributed by atoms with van der Waals surface area (Å²) < 4.78 is 0. The van der Waals surface area contributed by atoms with Crippen LogP contribution < -0.4 is 11.1 Å². The molecule has 1 aromatic carbocycles. The third kappa shape index (κ3) is 3.48. The fraction of sp³-hybridized carbons (Fsp3) is 0.286. The normalized spacial score (nSPS) is 10.4. The van der Waals surface area contributed by atoms with E-state index in [1.54, 1.807) is 0 Å². The molecule has 0 aliphatic rings. The average molecular weight is 316 g/mol. The standard InChI is InChI=1S/C14H17AsN4/c1-17-13-11(7-8-15)12(18-14(16)19-13)9-10-5-3-2-4-6-10/h2-6H,7-9H2,1H3,(H3,16,17,18,19). The van der Waals surface area contributed by atoms with Gasteiger partial charge in [0.1, 0.15) is 0 Å². The van der Waals surface area contributed by atoms with Crippen molar-refractivity contribution in [3.63, 3.8) is 0 Å². The topological polar surface area (TPSA) is 63.8 Å². The minimum atomic E-state index is 0.324. The van der Waals surface area contributed by atoms with Crippen LogP contribution in [0, 0.1) is 0 Å². The van der Waals surface area contributed by atoms with Gasteiger partial charge in [0.2, 0.25) is 0 Å². The Kier molecular flexibility index (Phi) is 4.80. The Morgan fingerprint density at radius 3 is 2.58 bits per heavy atom. The van der Waals surface area contributed by atoms with Crippen LogP contribution >= 0.6 is 0 Å². The van der Waals surface area contributed by atoms with Gasteiger partial charge in [-0.3, -0.25) is 0 Å². The Morgan fingerprint density at radius 1 is 1.21 bits per heavy atom. The number of anilines is 2. The number of benzene rings is 1. The molecule has 98 valence electrons. The molecule has 2 radical (unpaired) electrons. The third-order valence-electron chi connectivity index (χ3n) is 2.92. The number of nitrogen functional groups attached to an aromatic ring is 1. The molecule has 19 heavy (non-hydrogen) atoms. The van der Waals surface area contributed by atoms with Crippen molar-refractivity contribution in [1.29, 1.82) is 0 Å². The molecule has 0 bridgehead atoms. The second-order valence-corrected chi connectivity index (χ2v) is 5.18. The summed E-state index contributed by atoms with van der Waals surface area (Å²) in [5, 5.41) is 4.11. The van der Waals surface area contributed by atoms with Crippen LogP contribution in [0.25, 0.3) is 0 Å². The van der Waals surface area contributed by atoms with E-state index < -0.39 is 0 Å². The minimum absolute atomic E-state index is 0.324. The van der Waals surface area contributed by atoms with Crippen LogP contribution in [0.2, 0.25) is 5.21 Å². The maximum absolute atomic E-state index is 5.79. The summed E-state index contributed by atoms with van der Waals surface area (Å²) in [7, 11) is 1.86. The Balaban J connectivity index is 2.40. The van der Waals surface area contributed by atoms with Crippen molar-refractivity contribution < 1.29 is 0 Å². The summed E-state index contributed by atoms with van der Waals surface area (Å²) in [4.78, 5) is 8.68. The van der Waals surface area contributed by atoms with Gasteiger partial charge in [0.05, 0.1) is 0 Å². The first-order valence-electron chi connectivity index (χ1n) is 6.22. The van der Waals surface area contributed by atoms with Crippen molar-refractivity contribution in [1.82, 2.24) is 9.97 Å². The molecule has 2 rings (SSSR count). The van der Waals surface area contributed by atoms with Gasteiger partial charge in [-0.25, -0.2) is 0 Å². The molecular formula is C14H17AsN4. The molecule has 0 atom stereocenters. The first kappa shape index (κ1) is 13.9. The van der Waals surface area contributed by atoms with Crippen molar-refractivity contribution in [3.05, 3.63) is 47.2 Å². The van der Waals surface area contributed by atoms with E-state index in [4.69, 9.17) is 5.73 Å². The van der Waals surface area contributed by atoms with Gasteiger partial charge in [-0.15, -0.1) is 0 Å². The van der Waals surface area contributed by atoms with Gasteiger partial charge in [-0.1, -0.05) is 0 Å².